The van der Waals surface area contributed by atoms with Gasteiger partial charge < -0.3 is 10.2 Å². The number of benzene rings is 2. The van der Waals surface area contributed by atoms with Crippen LogP contribution in [-0.4, -0.2) is 46.2 Å². The molecule has 0 atom stereocenters. The zero-order valence-electron chi connectivity index (χ0n) is 16.3. The Morgan fingerprint density at radius 1 is 1.14 bits per heavy atom. The third kappa shape index (κ3) is 4.49. The quantitative estimate of drug-likeness (QED) is 0.722. The van der Waals surface area contributed by atoms with Gasteiger partial charge in [-0.05, 0) is 24.0 Å². The van der Waals surface area contributed by atoms with E-state index in [1.165, 1.54) is 0 Å². The normalized spacial score (nSPS) is 17.8. The van der Waals surface area contributed by atoms with Crippen LogP contribution in [0, 0.1) is 0 Å². The minimum absolute atomic E-state index is 0.112. The van der Waals surface area contributed by atoms with Crippen molar-refractivity contribution < 1.29 is 4.79 Å². The number of carbonyl (C=O) groups is 1. The number of halogens is 1. The molecule has 0 bridgehead atoms. The number of anilines is 1. The smallest absolute Gasteiger partial charge is 0.321 e. The van der Waals surface area contributed by atoms with Gasteiger partial charge in [-0.2, -0.15) is 0 Å². The van der Waals surface area contributed by atoms with Crippen LogP contribution in [0.2, 0.25) is 5.02 Å². The van der Waals surface area contributed by atoms with Crippen molar-refractivity contribution in [3.8, 4) is 0 Å². The van der Waals surface area contributed by atoms with E-state index < -0.39 is 5.66 Å². The van der Waals surface area contributed by atoms with Gasteiger partial charge in [0.1, 0.15) is 5.04 Å². The molecular weight excluding hydrogens is 404 g/mol. The maximum absolute atomic E-state index is 12.6. The zero-order valence-corrected chi connectivity index (χ0v) is 17.8. The highest BCUT2D eigenvalue weighted by Gasteiger charge is 2.40. The Morgan fingerprint density at radius 3 is 2.59 bits per heavy atom. The van der Waals surface area contributed by atoms with Gasteiger partial charge >= 0.3 is 6.03 Å². The lowest BCUT2D eigenvalue weighted by atomic mass is 9.98. The third-order valence-electron chi connectivity index (χ3n) is 5.09. The van der Waals surface area contributed by atoms with Crippen molar-refractivity contribution in [2.24, 2.45) is 9.98 Å². The predicted molar refractivity (Wildman–Crippen MR) is 123 cm³/mol. The monoisotopic (exact) mass is 426 g/mol. The van der Waals surface area contributed by atoms with Crippen LogP contribution in [0.1, 0.15) is 25.3 Å². The Kier molecular flexibility index (Phi) is 5.92. The molecule has 1 N–H and O–H groups in total. The van der Waals surface area contributed by atoms with Crippen molar-refractivity contribution in [3.63, 3.8) is 0 Å². The maximum atomic E-state index is 12.6. The lowest BCUT2D eigenvalue weighted by Crippen LogP contribution is -2.46. The number of rotatable bonds is 3. The molecule has 1 fully saturated rings. The Hall–Kier alpha value is -2.31. The average molecular weight is 427 g/mol. The first-order valence-electron chi connectivity index (χ1n) is 9.78. The lowest BCUT2D eigenvalue weighted by Gasteiger charge is -2.35. The second-order valence-corrected chi connectivity index (χ2v) is 8.78. The summed E-state index contributed by atoms with van der Waals surface area (Å²) in [5.41, 5.74) is 2.34. The maximum Gasteiger partial charge on any atom is 0.321 e. The molecule has 0 unspecified atom stereocenters. The molecule has 7 heteroatoms. The summed E-state index contributed by atoms with van der Waals surface area (Å²) in [5.74, 6) is 0.953. The van der Waals surface area contributed by atoms with Crippen molar-refractivity contribution in [3.05, 3.63) is 65.2 Å². The van der Waals surface area contributed by atoms with Gasteiger partial charge in [-0.3, -0.25) is 4.99 Å². The molecule has 4 rings (SSSR count). The fraction of sp³-hybridized carbons (Fsp3) is 0.318. The molecule has 5 nitrogen and oxygen atoms in total. The molecule has 2 amide bonds. The van der Waals surface area contributed by atoms with E-state index in [1.807, 2.05) is 35.2 Å². The minimum Gasteiger partial charge on any atom is -0.324 e. The Morgan fingerprint density at radius 2 is 1.90 bits per heavy atom. The first-order chi connectivity index (χ1) is 14.1. The van der Waals surface area contributed by atoms with Crippen molar-refractivity contribution in [1.29, 1.82) is 0 Å². The number of hydrogen-bond acceptors (Lipinski definition) is 4. The second-order valence-electron chi connectivity index (χ2n) is 7.09. The molecule has 0 aromatic heterocycles. The molecule has 2 aromatic carbocycles. The summed E-state index contributed by atoms with van der Waals surface area (Å²) in [6.45, 7) is 3.36. The minimum atomic E-state index is -0.449. The summed E-state index contributed by atoms with van der Waals surface area (Å²) < 4.78 is 0. The fourth-order valence-electron chi connectivity index (χ4n) is 3.60. The number of aliphatic imine (C=N–C) groups is 2. The SMILES string of the molecule is CCSC1=NC2(CCN(C(=O)Nc3cccc(Cl)c3)CC2)N=C1c1ccccc1. The molecule has 2 aliphatic heterocycles. The topological polar surface area (TPSA) is 57.1 Å². The Labute approximate surface area is 180 Å². The van der Waals surface area contributed by atoms with Gasteiger partial charge in [0.2, 0.25) is 0 Å². The van der Waals surface area contributed by atoms with E-state index in [0.717, 1.165) is 34.9 Å². The molecule has 1 spiro atoms. The summed E-state index contributed by atoms with van der Waals surface area (Å²) in [6.07, 6.45) is 1.44. The predicted octanol–water partition coefficient (Wildman–Crippen LogP) is 5.32. The molecule has 29 heavy (non-hydrogen) atoms. The number of amides is 2. The van der Waals surface area contributed by atoms with Crippen molar-refractivity contribution in [2.75, 3.05) is 24.2 Å². The largest absolute Gasteiger partial charge is 0.324 e. The standard InChI is InChI=1S/C22H23ClN4OS/c1-2-29-20-19(16-7-4-3-5-8-16)25-22(26-20)11-13-27(14-12-22)21(28)24-18-10-6-9-17(23)15-18/h3-10,15H,2,11-14H2,1H3,(H,24,28). The van der Waals surface area contributed by atoms with E-state index in [9.17, 15) is 4.79 Å². The number of piperidine rings is 1. The summed E-state index contributed by atoms with van der Waals surface area (Å²) in [6, 6.07) is 17.3. The van der Waals surface area contributed by atoms with Crippen LogP contribution in [0.15, 0.2) is 64.6 Å². The van der Waals surface area contributed by atoms with Gasteiger partial charge in [-0.1, -0.05) is 54.9 Å². The lowest BCUT2D eigenvalue weighted by molar-refractivity contribution is 0.175. The van der Waals surface area contributed by atoms with Crippen molar-refractivity contribution in [1.82, 2.24) is 4.90 Å². The van der Waals surface area contributed by atoms with Crippen LogP contribution in [0.3, 0.4) is 0 Å². The number of nitrogens with one attached hydrogen (secondary N) is 1. The van der Waals surface area contributed by atoms with Gasteiger partial charge in [-0.25, -0.2) is 9.79 Å². The van der Waals surface area contributed by atoms with Crippen LogP contribution >= 0.6 is 23.4 Å². The molecule has 0 radical (unpaired) electrons. The average Bonchev–Trinajstić information content (AvgIpc) is 3.07. The highest BCUT2D eigenvalue weighted by atomic mass is 35.5. The molecule has 2 aromatic rings. The molecular formula is C22H23ClN4OS. The first-order valence-corrected chi connectivity index (χ1v) is 11.1. The third-order valence-corrected chi connectivity index (χ3v) is 6.17. The summed E-state index contributed by atoms with van der Waals surface area (Å²) in [4.78, 5) is 24.5. The number of thioether (sulfide) groups is 1. The summed E-state index contributed by atoms with van der Waals surface area (Å²) in [5, 5.41) is 4.53. The highest BCUT2D eigenvalue weighted by Crippen LogP contribution is 2.35. The van der Waals surface area contributed by atoms with Crippen LogP contribution in [0.4, 0.5) is 10.5 Å². The van der Waals surface area contributed by atoms with Crippen molar-refractivity contribution >= 4 is 45.8 Å². The Bertz CT molecular complexity index is 952. The van der Waals surface area contributed by atoms with E-state index in [4.69, 9.17) is 21.6 Å². The highest BCUT2D eigenvalue weighted by molar-refractivity contribution is 8.15. The van der Waals surface area contributed by atoms with E-state index in [-0.39, 0.29) is 6.03 Å². The second kappa shape index (κ2) is 8.59. The van der Waals surface area contributed by atoms with Gasteiger partial charge in [-0.15, -0.1) is 11.8 Å². The Balaban J connectivity index is 1.46. The molecule has 1 saturated heterocycles. The molecule has 150 valence electrons. The van der Waals surface area contributed by atoms with Gasteiger partial charge in [0.15, 0.2) is 5.66 Å². The van der Waals surface area contributed by atoms with E-state index in [2.05, 4.69) is 24.4 Å². The number of carbonyl (C=O) groups excluding carboxylic acids is 1. The van der Waals surface area contributed by atoms with E-state index >= 15 is 0 Å². The molecule has 2 heterocycles. The van der Waals surface area contributed by atoms with Crippen molar-refractivity contribution in [2.45, 2.75) is 25.4 Å². The first kappa shape index (κ1) is 20.0. The van der Waals surface area contributed by atoms with Gasteiger partial charge in [0.05, 0.1) is 5.71 Å². The number of likely N-dealkylation sites (tertiary alicyclic amines) is 1. The molecule has 0 saturated carbocycles. The summed E-state index contributed by atoms with van der Waals surface area (Å²) >= 11 is 7.74. The van der Waals surface area contributed by atoms with Crippen LogP contribution in [0.25, 0.3) is 0 Å². The van der Waals surface area contributed by atoms with Gasteiger partial charge in [0.25, 0.3) is 0 Å². The summed E-state index contributed by atoms with van der Waals surface area (Å²) in [7, 11) is 0. The van der Waals surface area contributed by atoms with E-state index in [0.29, 0.717) is 23.8 Å². The van der Waals surface area contributed by atoms with E-state index in [1.54, 1.807) is 23.9 Å². The number of hydrogen-bond donors (Lipinski definition) is 1. The number of urea groups is 1. The van der Waals surface area contributed by atoms with Crippen LogP contribution in [0.5, 0.6) is 0 Å². The van der Waals surface area contributed by atoms with Gasteiger partial charge in [0, 0.05) is 42.2 Å². The molecule has 0 aliphatic carbocycles. The fourth-order valence-corrected chi connectivity index (χ4v) is 4.60. The van der Waals surface area contributed by atoms with Crippen LogP contribution < -0.4 is 5.32 Å². The van der Waals surface area contributed by atoms with Crippen LogP contribution in [-0.2, 0) is 0 Å². The molecule has 2 aliphatic rings. The number of nitrogens with zero attached hydrogens (tertiary/aromatic N) is 3. The zero-order chi connectivity index (χ0) is 20.3.